The Bertz CT molecular complexity index is 1440. The van der Waals surface area contributed by atoms with Crippen molar-refractivity contribution in [3.05, 3.63) is 78.0 Å². The zero-order valence-corrected chi connectivity index (χ0v) is 18.9. The largest absolute Gasteiger partial charge is 0.406 e. The number of anilines is 1. The van der Waals surface area contributed by atoms with Crippen molar-refractivity contribution in [3.8, 4) is 16.9 Å². The number of halogens is 5. The van der Waals surface area contributed by atoms with E-state index < -0.39 is 36.3 Å². The number of carbonyl (C=O) groups excluding carboxylic acids is 1. The third-order valence-corrected chi connectivity index (χ3v) is 6.01. The van der Waals surface area contributed by atoms with Crippen molar-refractivity contribution in [2.45, 2.75) is 32.0 Å². The van der Waals surface area contributed by atoms with Gasteiger partial charge in [-0.1, -0.05) is 11.3 Å². The number of fused-ring (bicyclic) bond motifs is 1. The summed E-state index contributed by atoms with van der Waals surface area (Å²) in [7, 11) is 0. The molecule has 0 spiro atoms. The van der Waals surface area contributed by atoms with Crippen LogP contribution >= 0.6 is 0 Å². The molecule has 1 aliphatic rings. The molecule has 0 bridgehead atoms. The van der Waals surface area contributed by atoms with Crippen molar-refractivity contribution < 1.29 is 26.7 Å². The minimum Gasteiger partial charge on any atom is -0.306 e. The highest BCUT2D eigenvalue weighted by atomic mass is 19.4. The van der Waals surface area contributed by atoms with Crippen LogP contribution in [0.3, 0.4) is 0 Å². The molecule has 0 fully saturated rings. The van der Waals surface area contributed by atoms with Crippen LogP contribution in [-0.4, -0.2) is 43.2 Å². The van der Waals surface area contributed by atoms with E-state index in [1.807, 2.05) is 0 Å². The lowest BCUT2D eigenvalue weighted by atomic mass is 10.1. The fourth-order valence-corrected chi connectivity index (χ4v) is 4.33. The number of imidazole rings is 1. The molecular weight excluding hydrogens is 483 g/mol. The normalized spacial score (nSPS) is 16.2. The van der Waals surface area contributed by atoms with Gasteiger partial charge in [0.05, 0.1) is 23.9 Å². The van der Waals surface area contributed by atoms with Gasteiger partial charge in [0.2, 0.25) is 0 Å². The van der Waals surface area contributed by atoms with E-state index in [1.54, 1.807) is 30.1 Å². The summed E-state index contributed by atoms with van der Waals surface area (Å²) in [5.41, 5.74) is 1.39. The van der Waals surface area contributed by atoms with Gasteiger partial charge in [-0.15, -0.1) is 5.10 Å². The van der Waals surface area contributed by atoms with E-state index in [1.165, 1.54) is 30.5 Å². The molecule has 2 aromatic heterocycles. The van der Waals surface area contributed by atoms with Gasteiger partial charge in [0.25, 0.3) is 5.91 Å². The summed E-state index contributed by atoms with van der Waals surface area (Å²) in [6, 6.07) is 6.94. The first-order chi connectivity index (χ1) is 17.1. The number of nitrogens with zero attached hydrogens (tertiary/aromatic N) is 6. The molecule has 0 aliphatic carbocycles. The SMILES string of the molecule is Cc1cn(-c2ccc(-c3cn([C@H]4CCc5c(F)cccc5N(CC(F)(F)F)C4=O)nn3)c(F)c2)cn1. The fourth-order valence-electron chi connectivity index (χ4n) is 4.33. The molecule has 5 rings (SSSR count). The average Bonchev–Trinajstić information content (AvgIpc) is 3.44. The molecule has 4 aromatic rings. The molecule has 0 radical (unpaired) electrons. The fraction of sp³-hybridized carbons (Fsp3) is 0.250. The van der Waals surface area contributed by atoms with E-state index in [2.05, 4.69) is 15.3 Å². The Labute approximate surface area is 201 Å². The number of rotatable bonds is 4. The standard InChI is InChI=1S/C24H19F5N6O/c1-14-10-33(13-30-14)15-5-6-16(19(26)9-15)20-11-35(32-31-20)22-8-7-17-18(25)3-2-4-21(17)34(23(22)36)12-24(27,28)29/h2-6,9-11,13,22H,7-8,12H2,1H3/t22-/m0/s1. The van der Waals surface area contributed by atoms with Gasteiger partial charge in [-0.2, -0.15) is 13.2 Å². The van der Waals surface area contributed by atoms with Crippen LogP contribution in [0.25, 0.3) is 16.9 Å². The Morgan fingerprint density at radius 3 is 2.58 bits per heavy atom. The van der Waals surface area contributed by atoms with Crippen molar-refractivity contribution in [2.75, 3.05) is 11.4 Å². The Balaban J connectivity index is 1.47. The van der Waals surface area contributed by atoms with Gasteiger partial charge >= 0.3 is 6.18 Å². The van der Waals surface area contributed by atoms with E-state index in [0.717, 1.165) is 16.4 Å². The lowest BCUT2D eigenvalue weighted by Crippen LogP contribution is -2.42. The van der Waals surface area contributed by atoms with Crippen molar-refractivity contribution in [3.63, 3.8) is 0 Å². The molecule has 2 aromatic carbocycles. The number of amides is 1. The van der Waals surface area contributed by atoms with Crippen LogP contribution in [0.2, 0.25) is 0 Å². The van der Waals surface area contributed by atoms with Gasteiger partial charge in [-0.25, -0.2) is 18.4 Å². The van der Waals surface area contributed by atoms with Crippen LogP contribution in [0.15, 0.2) is 55.1 Å². The molecule has 1 amide bonds. The minimum absolute atomic E-state index is 0.00861. The van der Waals surface area contributed by atoms with Gasteiger partial charge in [-0.05, 0) is 50.1 Å². The first-order valence-electron chi connectivity index (χ1n) is 11.0. The van der Waals surface area contributed by atoms with Crippen LogP contribution in [-0.2, 0) is 11.2 Å². The molecule has 0 unspecified atom stereocenters. The quantitative estimate of drug-likeness (QED) is 0.376. The summed E-state index contributed by atoms with van der Waals surface area (Å²) < 4.78 is 72.1. The van der Waals surface area contributed by atoms with E-state index in [4.69, 9.17) is 0 Å². The first kappa shape index (κ1) is 23.6. The maximum atomic E-state index is 14.9. The van der Waals surface area contributed by atoms with Gasteiger partial charge in [-0.3, -0.25) is 4.79 Å². The molecular formula is C24H19F5N6O. The summed E-state index contributed by atoms with van der Waals surface area (Å²) >= 11 is 0. The Morgan fingerprint density at radius 1 is 1.08 bits per heavy atom. The third kappa shape index (κ3) is 4.45. The van der Waals surface area contributed by atoms with Gasteiger partial charge < -0.3 is 9.47 Å². The average molecular weight is 502 g/mol. The number of hydrogen-bond acceptors (Lipinski definition) is 4. The Hall–Kier alpha value is -4.09. The van der Waals surface area contributed by atoms with E-state index >= 15 is 0 Å². The van der Waals surface area contributed by atoms with Crippen LogP contribution < -0.4 is 4.90 Å². The zero-order valence-electron chi connectivity index (χ0n) is 18.9. The second-order valence-corrected chi connectivity index (χ2v) is 8.50. The number of aromatic nitrogens is 5. The van der Waals surface area contributed by atoms with E-state index in [-0.39, 0.29) is 35.3 Å². The number of alkyl halides is 3. The molecule has 36 heavy (non-hydrogen) atoms. The predicted molar refractivity (Wildman–Crippen MR) is 119 cm³/mol. The summed E-state index contributed by atoms with van der Waals surface area (Å²) in [6.45, 7) is 0.223. The number of benzene rings is 2. The van der Waals surface area contributed by atoms with Gasteiger partial charge in [0.15, 0.2) is 0 Å². The summed E-state index contributed by atoms with van der Waals surface area (Å²) in [5.74, 6) is -2.20. The highest BCUT2D eigenvalue weighted by molar-refractivity contribution is 5.97. The molecule has 1 atom stereocenters. The molecule has 0 N–H and O–H groups in total. The summed E-state index contributed by atoms with van der Waals surface area (Å²) in [5, 5.41) is 7.86. The number of hydrogen-bond donors (Lipinski definition) is 0. The van der Waals surface area contributed by atoms with Crippen molar-refractivity contribution >= 4 is 11.6 Å². The van der Waals surface area contributed by atoms with Crippen molar-refractivity contribution in [1.82, 2.24) is 24.5 Å². The Morgan fingerprint density at radius 2 is 1.89 bits per heavy atom. The van der Waals surface area contributed by atoms with Crippen molar-refractivity contribution in [2.24, 2.45) is 0 Å². The molecule has 1 aliphatic heterocycles. The smallest absolute Gasteiger partial charge is 0.306 e. The number of aryl methyl sites for hydroxylation is 1. The maximum Gasteiger partial charge on any atom is 0.406 e. The van der Waals surface area contributed by atoms with Crippen LogP contribution in [0.5, 0.6) is 0 Å². The molecule has 0 saturated carbocycles. The minimum atomic E-state index is -4.71. The molecule has 7 nitrogen and oxygen atoms in total. The van der Waals surface area contributed by atoms with Gasteiger partial charge in [0, 0.05) is 23.0 Å². The van der Waals surface area contributed by atoms with Crippen LogP contribution in [0.4, 0.5) is 27.6 Å². The predicted octanol–water partition coefficient (Wildman–Crippen LogP) is 4.80. The van der Waals surface area contributed by atoms with Crippen LogP contribution in [0, 0.1) is 18.6 Å². The number of carbonyl (C=O) groups is 1. The maximum absolute atomic E-state index is 14.9. The molecule has 3 heterocycles. The lowest BCUT2D eigenvalue weighted by molar-refractivity contribution is -0.134. The van der Waals surface area contributed by atoms with E-state index in [9.17, 15) is 26.7 Å². The summed E-state index contributed by atoms with van der Waals surface area (Å²) in [6.07, 6.45) is -0.123. The molecule has 12 heteroatoms. The first-order valence-corrected chi connectivity index (χ1v) is 11.0. The lowest BCUT2D eigenvalue weighted by Gasteiger charge is -2.26. The van der Waals surface area contributed by atoms with Gasteiger partial charge in [0.1, 0.15) is 29.9 Å². The monoisotopic (exact) mass is 502 g/mol. The Kier molecular flexibility index (Phi) is 5.81. The van der Waals surface area contributed by atoms with E-state index in [0.29, 0.717) is 10.6 Å². The highest BCUT2D eigenvalue weighted by Crippen LogP contribution is 2.35. The third-order valence-electron chi connectivity index (χ3n) is 6.01. The van der Waals surface area contributed by atoms with Crippen molar-refractivity contribution in [1.29, 1.82) is 0 Å². The summed E-state index contributed by atoms with van der Waals surface area (Å²) in [4.78, 5) is 17.9. The second-order valence-electron chi connectivity index (χ2n) is 8.50. The molecule has 186 valence electrons. The topological polar surface area (TPSA) is 68.8 Å². The second kappa shape index (κ2) is 8.85. The highest BCUT2D eigenvalue weighted by Gasteiger charge is 2.40. The zero-order chi connectivity index (χ0) is 25.6. The van der Waals surface area contributed by atoms with Crippen LogP contribution in [0.1, 0.15) is 23.7 Å². The molecule has 0 saturated heterocycles.